The number of hydrogen-bond donors (Lipinski definition) is 0. The standard InChI is InChI=1S/C8H9N.BF4/c1-3-8-6-4-5-7(2)9-8;2-1(3,4)5/h3-6H,1H2,2H3;/q;-1. The van der Waals surface area contributed by atoms with Crippen molar-refractivity contribution in [1.29, 1.82) is 0 Å². The Labute approximate surface area is 79.6 Å². The molecule has 1 aromatic heterocycles. The van der Waals surface area contributed by atoms with Crippen molar-refractivity contribution >= 4 is 13.3 Å². The Morgan fingerprint density at radius 3 is 2.07 bits per heavy atom. The SMILES string of the molecule is C=Cc1cccc(C)n1.F[B-](F)(F)F. The van der Waals surface area contributed by atoms with Crippen LogP contribution in [0.15, 0.2) is 24.8 Å². The Balaban J connectivity index is 0.000000292. The smallest absolute Gasteiger partial charge is 0.418 e. The minimum atomic E-state index is -6.00. The van der Waals surface area contributed by atoms with E-state index in [1.807, 2.05) is 25.1 Å². The summed E-state index contributed by atoms with van der Waals surface area (Å²) in [7, 11) is -6.00. The van der Waals surface area contributed by atoms with E-state index in [0.717, 1.165) is 11.4 Å². The molecule has 0 bridgehead atoms. The third kappa shape index (κ3) is 8.77. The van der Waals surface area contributed by atoms with Crippen molar-refractivity contribution in [3.8, 4) is 0 Å². The van der Waals surface area contributed by atoms with Gasteiger partial charge in [-0.05, 0) is 25.1 Å². The van der Waals surface area contributed by atoms with Gasteiger partial charge in [0.05, 0.1) is 5.69 Å². The van der Waals surface area contributed by atoms with Crippen molar-refractivity contribution < 1.29 is 17.3 Å². The molecule has 1 heterocycles. The molecule has 0 fully saturated rings. The molecule has 14 heavy (non-hydrogen) atoms. The predicted molar refractivity (Wildman–Crippen MR) is 49.3 cm³/mol. The van der Waals surface area contributed by atoms with E-state index in [4.69, 9.17) is 0 Å². The molecule has 6 heteroatoms. The van der Waals surface area contributed by atoms with Crippen LogP contribution in [0.5, 0.6) is 0 Å². The van der Waals surface area contributed by atoms with E-state index in [0.29, 0.717) is 0 Å². The molecule has 0 aliphatic carbocycles. The Hall–Kier alpha value is -1.33. The zero-order valence-electron chi connectivity index (χ0n) is 7.55. The zero-order chi connectivity index (χ0) is 11.2. The van der Waals surface area contributed by atoms with E-state index in [9.17, 15) is 17.3 Å². The molecule has 0 aliphatic heterocycles. The summed E-state index contributed by atoms with van der Waals surface area (Å²) >= 11 is 0. The molecule has 0 spiro atoms. The minimum absolute atomic E-state index is 0.940. The van der Waals surface area contributed by atoms with Gasteiger partial charge < -0.3 is 17.3 Å². The van der Waals surface area contributed by atoms with Crippen LogP contribution in [-0.4, -0.2) is 12.2 Å². The monoisotopic (exact) mass is 206 g/mol. The van der Waals surface area contributed by atoms with Gasteiger partial charge in [0.25, 0.3) is 0 Å². The minimum Gasteiger partial charge on any atom is -0.418 e. The fraction of sp³-hybridized carbons (Fsp3) is 0.125. The van der Waals surface area contributed by atoms with Crippen molar-refractivity contribution in [1.82, 2.24) is 4.98 Å². The Morgan fingerprint density at radius 2 is 1.79 bits per heavy atom. The first-order chi connectivity index (χ1) is 6.33. The summed E-state index contributed by atoms with van der Waals surface area (Å²) in [6.45, 7) is 5.57. The molecule has 1 aromatic rings. The van der Waals surface area contributed by atoms with Crippen LogP contribution < -0.4 is 0 Å². The van der Waals surface area contributed by atoms with Crippen LogP contribution in [0.25, 0.3) is 6.08 Å². The molecule has 0 unspecified atom stereocenters. The summed E-state index contributed by atoms with van der Waals surface area (Å²) in [6.07, 6.45) is 1.74. The number of aryl methyl sites for hydroxylation is 1. The van der Waals surface area contributed by atoms with Crippen LogP contribution in [0.4, 0.5) is 17.3 Å². The lowest BCUT2D eigenvalue weighted by atomic mass is 10.3. The Morgan fingerprint density at radius 1 is 1.29 bits per heavy atom. The molecule has 0 amide bonds. The quantitative estimate of drug-likeness (QED) is 0.507. The lowest BCUT2D eigenvalue weighted by molar-refractivity contribution is 0.368. The summed E-state index contributed by atoms with van der Waals surface area (Å²) in [4.78, 5) is 4.17. The van der Waals surface area contributed by atoms with E-state index in [1.54, 1.807) is 6.08 Å². The van der Waals surface area contributed by atoms with Crippen LogP contribution in [-0.2, 0) is 0 Å². The molecule has 0 atom stereocenters. The van der Waals surface area contributed by atoms with Gasteiger partial charge >= 0.3 is 7.25 Å². The van der Waals surface area contributed by atoms with Gasteiger partial charge in [0.15, 0.2) is 0 Å². The molecule has 0 saturated carbocycles. The van der Waals surface area contributed by atoms with Crippen LogP contribution >= 0.6 is 0 Å². The van der Waals surface area contributed by atoms with Crippen LogP contribution in [0.1, 0.15) is 11.4 Å². The molecular formula is C8H9BF4N-. The van der Waals surface area contributed by atoms with E-state index < -0.39 is 7.25 Å². The highest BCUT2D eigenvalue weighted by Crippen LogP contribution is 2.06. The van der Waals surface area contributed by atoms with Gasteiger partial charge in [-0.2, -0.15) is 0 Å². The molecule has 0 aliphatic rings. The normalized spacial score (nSPS) is 10.1. The van der Waals surface area contributed by atoms with Gasteiger partial charge in [-0.15, -0.1) is 0 Å². The third-order valence-electron chi connectivity index (χ3n) is 1.12. The van der Waals surface area contributed by atoms with E-state index in [2.05, 4.69) is 11.6 Å². The zero-order valence-corrected chi connectivity index (χ0v) is 7.55. The van der Waals surface area contributed by atoms with Gasteiger partial charge in [-0.25, -0.2) is 0 Å². The second kappa shape index (κ2) is 5.41. The molecule has 1 nitrogen and oxygen atoms in total. The van der Waals surface area contributed by atoms with Crippen LogP contribution in [0.3, 0.4) is 0 Å². The maximum absolute atomic E-state index is 9.75. The summed E-state index contributed by atoms with van der Waals surface area (Å²) in [5.74, 6) is 0. The highest BCUT2D eigenvalue weighted by molar-refractivity contribution is 6.50. The number of aromatic nitrogens is 1. The fourth-order valence-electron chi connectivity index (χ4n) is 0.678. The lowest BCUT2D eigenvalue weighted by Gasteiger charge is -1.94. The molecule has 78 valence electrons. The average molecular weight is 206 g/mol. The molecule has 1 rings (SSSR count). The molecule has 0 aromatic carbocycles. The number of halogens is 4. The average Bonchev–Trinajstić information content (AvgIpc) is 2.01. The second-order valence-electron chi connectivity index (χ2n) is 2.40. The van der Waals surface area contributed by atoms with Crippen molar-refractivity contribution in [2.24, 2.45) is 0 Å². The summed E-state index contributed by atoms with van der Waals surface area (Å²) in [5, 5.41) is 0. The highest BCUT2D eigenvalue weighted by Gasteiger charge is 2.20. The van der Waals surface area contributed by atoms with E-state index >= 15 is 0 Å². The molecule has 0 saturated heterocycles. The summed E-state index contributed by atoms with van der Waals surface area (Å²) < 4.78 is 39.0. The van der Waals surface area contributed by atoms with Gasteiger partial charge in [0, 0.05) is 5.69 Å². The Bertz CT molecular complexity index is 292. The molecule has 0 N–H and O–H groups in total. The van der Waals surface area contributed by atoms with Crippen LogP contribution in [0, 0.1) is 6.92 Å². The van der Waals surface area contributed by atoms with E-state index in [-0.39, 0.29) is 0 Å². The number of pyridine rings is 1. The van der Waals surface area contributed by atoms with Crippen LogP contribution in [0.2, 0.25) is 0 Å². The molecular weight excluding hydrogens is 197 g/mol. The Kier molecular flexibility index (Phi) is 4.90. The predicted octanol–water partition coefficient (Wildman–Crippen LogP) is 3.33. The largest absolute Gasteiger partial charge is 0.673 e. The van der Waals surface area contributed by atoms with E-state index in [1.165, 1.54) is 0 Å². The summed E-state index contributed by atoms with van der Waals surface area (Å²) in [5.41, 5.74) is 1.97. The first-order valence-electron chi connectivity index (χ1n) is 3.76. The van der Waals surface area contributed by atoms with Gasteiger partial charge in [0.1, 0.15) is 0 Å². The number of rotatable bonds is 1. The van der Waals surface area contributed by atoms with Gasteiger partial charge in [-0.1, -0.05) is 12.6 Å². The topological polar surface area (TPSA) is 12.9 Å². The lowest BCUT2D eigenvalue weighted by Crippen LogP contribution is -2.02. The van der Waals surface area contributed by atoms with Crippen molar-refractivity contribution in [2.75, 3.05) is 0 Å². The fourth-order valence-corrected chi connectivity index (χ4v) is 0.678. The van der Waals surface area contributed by atoms with Gasteiger partial charge in [0.2, 0.25) is 0 Å². The maximum atomic E-state index is 9.75. The first-order valence-corrected chi connectivity index (χ1v) is 3.76. The highest BCUT2D eigenvalue weighted by atomic mass is 19.5. The number of hydrogen-bond acceptors (Lipinski definition) is 1. The van der Waals surface area contributed by atoms with Crippen molar-refractivity contribution in [3.05, 3.63) is 36.2 Å². The van der Waals surface area contributed by atoms with Crippen molar-refractivity contribution in [2.45, 2.75) is 6.92 Å². The van der Waals surface area contributed by atoms with Crippen molar-refractivity contribution in [3.63, 3.8) is 0 Å². The number of nitrogens with zero attached hydrogens (tertiary/aromatic N) is 1. The molecule has 0 radical (unpaired) electrons. The summed E-state index contributed by atoms with van der Waals surface area (Å²) in [6, 6.07) is 5.87. The second-order valence-corrected chi connectivity index (χ2v) is 2.40. The first kappa shape index (κ1) is 12.7. The van der Waals surface area contributed by atoms with Gasteiger partial charge in [-0.3, -0.25) is 4.98 Å². The maximum Gasteiger partial charge on any atom is 0.673 e. The third-order valence-corrected chi connectivity index (χ3v) is 1.12.